The minimum absolute atomic E-state index is 0.0235. The normalized spacial score (nSPS) is 11.4. The third-order valence-electron chi connectivity index (χ3n) is 2.20. The number of nitrogens with one attached hydrogen (secondary N) is 1. The smallest absolute Gasteiger partial charge is 0.250 e. The molecular weight excluding hydrogens is 258 g/mol. The molecule has 1 rings (SSSR count). The van der Waals surface area contributed by atoms with Gasteiger partial charge in [-0.05, 0) is 18.2 Å². The Hall–Kier alpha value is -1.64. The summed E-state index contributed by atoms with van der Waals surface area (Å²) in [7, 11) is -2.24. The molecule has 1 aromatic carbocycles. The van der Waals surface area contributed by atoms with Crippen molar-refractivity contribution < 1.29 is 17.9 Å². The quantitative estimate of drug-likeness (QED) is 0.466. The van der Waals surface area contributed by atoms with Gasteiger partial charge in [0, 0.05) is 19.3 Å². The van der Waals surface area contributed by atoms with E-state index in [4.69, 9.17) is 16.2 Å². The Bertz CT molecular complexity index is 542. The molecule has 100 valence electrons. The number of methoxy groups -OCH3 is 1. The van der Waals surface area contributed by atoms with E-state index in [0.717, 1.165) is 6.07 Å². The van der Waals surface area contributed by atoms with Gasteiger partial charge in [-0.3, -0.25) is 4.79 Å². The van der Waals surface area contributed by atoms with Crippen LogP contribution in [0.1, 0.15) is 10.4 Å². The summed E-state index contributed by atoms with van der Waals surface area (Å²) in [4.78, 5) is 11.0. The summed E-state index contributed by atoms with van der Waals surface area (Å²) < 4.78 is 30.7. The SMILES string of the molecule is COCCNS(=O)(=O)c1ccc(N)c(C(N)=O)c1. The van der Waals surface area contributed by atoms with Gasteiger partial charge in [0.2, 0.25) is 10.0 Å². The highest BCUT2D eigenvalue weighted by Crippen LogP contribution is 2.17. The fourth-order valence-electron chi connectivity index (χ4n) is 1.28. The number of benzene rings is 1. The van der Waals surface area contributed by atoms with Crippen LogP contribution in [-0.2, 0) is 14.8 Å². The predicted molar refractivity (Wildman–Crippen MR) is 66.4 cm³/mol. The number of hydrogen-bond donors (Lipinski definition) is 3. The molecule has 8 heteroatoms. The van der Waals surface area contributed by atoms with Crippen LogP contribution in [0.15, 0.2) is 23.1 Å². The van der Waals surface area contributed by atoms with E-state index >= 15 is 0 Å². The third kappa shape index (κ3) is 3.42. The summed E-state index contributed by atoms with van der Waals surface area (Å²) in [5.74, 6) is -0.776. The van der Waals surface area contributed by atoms with E-state index in [2.05, 4.69) is 4.72 Å². The summed E-state index contributed by atoms with van der Waals surface area (Å²) in [6, 6.07) is 3.77. The molecule has 0 spiro atoms. The van der Waals surface area contributed by atoms with E-state index in [1.165, 1.54) is 19.2 Å². The Morgan fingerprint density at radius 3 is 2.67 bits per heavy atom. The zero-order valence-corrected chi connectivity index (χ0v) is 10.7. The number of nitrogens with two attached hydrogens (primary N) is 2. The van der Waals surface area contributed by atoms with E-state index in [1.54, 1.807) is 0 Å². The minimum Gasteiger partial charge on any atom is -0.398 e. The fourth-order valence-corrected chi connectivity index (χ4v) is 2.32. The van der Waals surface area contributed by atoms with Crippen LogP contribution < -0.4 is 16.2 Å². The molecule has 0 aliphatic rings. The van der Waals surface area contributed by atoms with Crippen molar-refractivity contribution in [1.29, 1.82) is 0 Å². The van der Waals surface area contributed by atoms with Gasteiger partial charge in [0.1, 0.15) is 0 Å². The lowest BCUT2D eigenvalue weighted by atomic mass is 10.2. The maximum atomic E-state index is 11.8. The number of hydrogen-bond acceptors (Lipinski definition) is 5. The van der Waals surface area contributed by atoms with Crippen LogP contribution in [0.5, 0.6) is 0 Å². The first-order valence-corrected chi connectivity index (χ1v) is 6.54. The fraction of sp³-hybridized carbons (Fsp3) is 0.300. The molecule has 0 bridgehead atoms. The van der Waals surface area contributed by atoms with Crippen molar-refractivity contribution in [2.45, 2.75) is 4.90 Å². The monoisotopic (exact) mass is 273 g/mol. The Morgan fingerprint density at radius 2 is 2.11 bits per heavy atom. The standard InChI is InChI=1S/C10H15N3O4S/c1-17-5-4-13-18(15,16)7-2-3-9(11)8(6-7)10(12)14/h2-3,6,13H,4-5,11H2,1H3,(H2,12,14). The lowest BCUT2D eigenvalue weighted by Crippen LogP contribution is -2.27. The molecule has 0 heterocycles. The molecule has 1 amide bonds. The highest BCUT2D eigenvalue weighted by molar-refractivity contribution is 7.89. The summed E-state index contributed by atoms with van der Waals surface area (Å²) in [5, 5.41) is 0. The third-order valence-corrected chi connectivity index (χ3v) is 3.66. The Kier molecular flexibility index (Phi) is 4.65. The molecule has 5 N–H and O–H groups in total. The second-order valence-electron chi connectivity index (χ2n) is 3.50. The number of anilines is 1. The second kappa shape index (κ2) is 5.80. The van der Waals surface area contributed by atoms with Crippen molar-refractivity contribution in [3.8, 4) is 0 Å². The van der Waals surface area contributed by atoms with E-state index in [9.17, 15) is 13.2 Å². The van der Waals surface area contributed by atoms with E-state index < -0.39 is 15.9 Å². The van der Waals surface area contributed by atoms with Crippen LogP contribution in [-0.4, -0.2) is 34.6 Å². The first-order valence-electron chi connectivity index (χ1n) is 5.06. The number of rotatable bonds is 6. The average molecular weight is 273 g/mol. The molecule has 0 unspecified atom stereocenters. The van der Waals surface area contributed by atoms with Crippen molar-refractivity contribution in [1.82, 2.24) is 4.72 Å². The largest absolute Gasteiger partial charge is 0.398 e. The van der Waals surface area contributed by atoms with Gasteiger partial charge in [-0.25, -0.2) is 13.1 Å². The van der Waals surface area contributed by atoms with Gasteiger partial charge in [0.15, 0.2) is 0 Å². The van der Waals surface area contributed by atoms with Crippen LogP contribution in [0, 0.1) is 0 Å². The molecule has 1 aromatic rings. The number of amides is 1. The minimum atomic E-state index is -3.70. The molecule has 0 fully saturated rings. The van der Waals surface area contributed by atoms with E-state index in [1.807, 2.05) is 0 Å². The van der Waals surface area contributed by atoms with Crippen molar-refractivity contribution >= 4 is 21.6 Å². The van der Waals surface area contributed by atoms with Gasteiger partial charge in [0.05, 0.1) is 17.1 Å². The molecule has 0 saturated carbocycles. The van der Waals surface area contributed by atoms with Gasteiger partial charge in [-0.15, -0.1) is 0 Å². The average Bonchev–Trinajstić information content (AvgIpc) is 2.29. The maximum Gasteiger partial charge on any atom is 0.250 e. The van der Waals surface area contributed by atoms with E-state index in [0.29, 0.717) is 0 Å². The van der Waals surface area contributed by atoms with Crippen molar-refractivity contribution in [2.24, 2.45) is 5.73 Å². The van der Waals surface area contributed by atoms with Crippen LogP contribution in [0.4, 0.5) is 5.69 Å². The van der Waals surface area contributed by atoms with Gasteiger partial charge in [0.25, 0.3) is 5.91 Å². The summed E-state index contributed by atoms with van der Waals surface area (Å²) in [6.45, 7) is 0.381. The van der Waals surface area contributed by atoms with Crippen LogP contribution in [0.2, 0.25) is 0 Å². The van der Waals surface area contributed by atoms with Gasteiger partial charge in [-0.2, -0.15) is 0 Å². The van der Waals surface area contributed by atoms with Gasteiger partial charge < -0.3 is 16.2 Å². The van der Waals surface area contributed by atoms with Gasteiger partial charge in [-0.1, -0.05) is 0 Å². The number of carbonyl (C=O) groups excluding carboxylic acids is 1. The molecule has 0 aliphatic carbocycles. The summed E-state index contributed by atoms with van der Waals surface area (Å²) >= 11 is 0. The number of sulfonamides is 1. The molecule has 0 saturated heterocycles. The first-order chi connectivity index (χ1) is 8.38. The number of ether oxygens (including phenoxy) is 1. The molecule has 0 atom stereocenters. The molecule has 0 aromatic heterocycles. The summed E-state index contributed by atoms with van der Waals surface area (Å²) in [6.07, 6.45) is 0. The van der Waals surface area contributed by atoms with Gasteiger partial charge >= 0.3 is 0 Å². The number of primary amides is 1. The zero-order valence-electron chi connectivity index (χ0n) is 9.84. The maximum absolute atomic E-state index is 11.8. The highest BCUT2D eigenvalue weighted by Gasteiger charge is 2.16. The van der Waals surface area contributed by atoms with E-state index in [-0.39, 0.29) is 29.3 Å². The van der Waals surface area contributed by atoms with Crippen LogP contribution in [0.25, 0.3) is 0 Å². The lowest BCUT2D eigenvalue weighted by molar-refractivity contribution is 0.100. The molecule has 0 aliphatic heterocycles. The molecule has 0 radical (unpaired) electrons. The Morgan fingerprint density at radius 1 is 1.44 bits per heavy atom. The number of nitrogen functional groups attached to an aromatic ring is 1. The number of carbonyl (C=O) groups is 1. The summed E-state index contributed by atoms with van der Waals surface area (Å²) in [5.41, 5.74) is 10.7. The molecule has 7 nitrogen and oxygen atoms in total. The highest BCUT2D eigenvalue weighted by atomic mass is 32.2. The molecular formula is C10H15N3O4S. The van der Waals surface area contributed by atoms with Crippen molar-refractivity contribution in [3.63, 3.8) is 0 Å². The van der Waals surface area contributed by atoms with Crippen LogP contribution >= 0.6 is 0 Å². The van der Waals surface area contributed by atoms with Crippen LogP contribution in [0.3, 0.4) is 0 Å². The zero-order chi connectivity index (χ0) is 13.8. The van der Waals surface area contributed by atoms with Crippen molar-refractivity contribution in [2.75, 3.05) is 26.0 Å². The molecule has 18 heavy (non-hydrogen) atoms. The first kappa shape index (κ1) is 14.4. The Labute approximate surface area is 105 Å². The Balaban J connectivity index is 3.02. The lowest BCUT2D eigenvalue weighted by Gasteiger charge is -2.08. The topological polar surface area (TPSA) is 125 Å². The predicted octanol–water partition coefficient (Wildman–Crippen LogP) is -0.708. The van der Waals surface area contributed by atoms with Crippen molar-refractivity contribution in [3.05, 3.63) is 23.8 Å². The second-order valence-corrected chi connectivity index (χ2v) is 5.27.